The second-order valence-corrected chi connectivity index (χ2v) is 6.21. The zero-order valence-electron chi connectivity index (χ0n) is 11.7. The van der Waals surface area contributed by atoms with Gasteiger partial charge in [-0.15, -0.1) is 11.6 Å². The van der Waals surface area contributed by atoms with Gasteiger partial charge >= 0.3 is 0 Å². The van der Waals surface area contributed by atoms with Crippen molar-refractivity contribution in [1.29, 1.82) is 0 Å². The van der Waals surface area contributed by atoms with Crippen LogP contribution in [0.2, 0.25) is 0 Å². The van der Waals surface area contributed by atoms with Crippen molar-refractivity contribution in [2.45, 2.75) is 25.8 Å². The number of alkyl halides is 1. The highest BCUT2D eigenvalue weighted by molar-refractivity contribution is 14.1. The van der Waals surface area contributed by atoms with E-state index in [1.54, 1.807) is 11.9 Å². The molecule has 1 aromatic heterocycles. The molecule has 0 fully saturated rings. The maximum absolute atomic E-state index is 12.4. The predicted molar refractivity (Wildman–Crippen MR) is 90.0 cm³/mol. The summed E-state index contributed by atoms with van der Waals surface area (Å²) in [7, 11) is 1.81. The smallest absolute Gasteiger partial charge is 0.245 e. The van der Waals surface area contributed by atoms with E-state index in [1.165, 1.54) is 0 Å². The Labute approximate surface area is 137 Å². The van der Waals surface area contributed by atoms with Crippen LogP contribution in [-0.2, 0) is 10.7 Å². The van der Waals surface area contributed by atoms with Crippen LogP contribution in [-0.4, -0.2) is 34.0 Å². The van der Waals surface area contributed by atoms with E-state index >= 15 is 0 Å². The van der Waals surface area contributed by atoms with Crippen LogP contribution in [0, 0.1) is 3.57 Å². The molecule has 2 rings (SSSR count). The fourth-order valence-corrected chi connectivity index (χ4v) is 2.90. The maximum Gasteiger partial charge on any atom is 0.245 e. The van der Waals surface area contributed by atoms with Gasteiger partial charge in [0.05, 0.1) is 16.9 Å². The van der Waals surface area contributed by atoms with Crippen molar-refractivity contribution in [3.8, 4) is 0 Å². The molecular weight excluding hydrogens is 389 g/mol. The van der Waals surface area contributed by atoms with E-state index in [4.69, 9.17) is 11.6 Å². The molecule has 6 heteroatoms. The fraction of sp³-hybridized carbons (Fsp3) is 0.429. The molecule has 0 N–H and O–H groups in total. The lowest BCUT2D eigenvalue weighted by atomic mass is 10.2. The molecule has 108 valence electrons. The van der Waals surface area contributed by atoms with Crippen molar-refractivity contribution >= 4 is 51.1 Å². The van der Waals surface area contributed by atoms with Gasteiger partial charge in [0, 0.05) is 17.2 Å². The van der Waals surface area contributed by atoms with Crippen LogP contribution in [0.1, 0.15) is 25.7 Å². The second-order valence-electron chi connectivity index (χ2n) is 4.69. The van der Waals surface area contributed by atoms with E-state index in [0.29, 0.717) is 12.4 Å². The van der Waals surface area contributed by atoms with Crippen LogP contribution < -0.4 is 0 Å². The number of hydrogen-bond donors (Lipinski definition) is 0. The minimum absolute atomic E-state index is 0.0664. The van der Waals surface area contributed by atoms with Gasteiger partial charge < -0.3 is 9.47 Å². The van der Waals surface area contributed by atoms with Crippen molar-refractivity contribution in [2.24, 2.45) is 0 Å². The molecule has 2 aromatic rings. The van der Waals surface area contributed by atoms with Gasteiger partial charge in [-0.25, -0.2) is 4.98 Å². The van der Waals surface area contributed by atoms with Crippen LogP contribution in [0.25, 0.3) is 11.0 Å². The summed E-state index contributed by atoms with van der Waals surface area (Å²) in [5.74, 6) is 1.09. The lowest BCUT2D eigenvalue weighted by Crippen LogP contribution is -2.33. The van der Waals surface area contributed by atoms with Gasteiger partial charge in [-0.05, 0) is 54.6 Å². The van der Waals surface area contributed by atoms with Crippen molar-refractivity contribution in [3.63, 3.8) is 0 Å². The van der Waals surface area contributed by atoms with Gasteiger partial charge in [-0.3, -0.25) is 4.79 Å². The molecule has 1 amide bonds. The summed E-state index contributed by atoms with van der Waals surface area (Å²) in [6, 6.07) is 5.71. The number of nitrogens with zero attached hydrogens (tertiary/aromatic N) is 3. The molecule has 1 atom stereocenters. The van der Waals surface area contributed by atoms with Crippen molar-refractivity contribution in [2.75, 3.05) is 13.6 Å². The molecule has 1 aromatic carbocycles. The van der Waals surface area contributed by atoms with Gasteiger partial charge in [0.25, 0.3) is 0 Å². The zero-order valence-corrected chi connectivity index (χ0v) is 14.6. The number of benzene rings is 1. The van der Waals surface area contributed by atoms with Crippen LogP contribution >= 0.6 is 34.2 Å². The molecule has 0 saturated heterocycles. The number of carbonyl (C=O) groups excluding carboxylic acids is 1. The summed E-state index contributed by atoms with van der Waals surface area (Å²) in [6.45, 7) is 4.54. The molecule has 0 aliphatic rings. The Morgan fingerprint density at radius 2 is 2.25 bits per heavy atom. The first kappa shape index (κ1) is 15.6. The maximum atomic E-state index is 12.4. The SMILES string of the molecule is CCN(C)C(=O)C(C)n1c(CCl)nc2cc(I)ccc21. The number of imidazole rings is 1. The average molecular weight is 406 g/mol. The summed E-state index contributed by atoms with van der Waals surface area (Å²) in [4.78, 5) is 18.6. The monoisotopic (exact) mass is 405 g/mol. The second kappa shape index (κ2) is 6.30. The van der Waals surface area contributed by atoms with Crippen LogP contribution in [0.4, 0.5) is 0 Å². The molecule has 0 aliphatic carbocycles. The molecule has 0 radical (unpaired) electrons. The molecule has 1 heterocycles. The zero-order chi connectivity index (χ0) is 14.9. The molecular formula is C14H17ClIN3O. The van der Waals surface area contributed by atoms with E-state index in [9.17, 15) is 4.79 Å². The van der Waals surface area contributed by atoms with Gasteiger partial charge in [-0.1, -0.05) is 0 Å². The minimum atomic E-state index is -0.307. The lowest BCUT2D eigenvalue weighted by molar-refractivity contribution is -0.132. The molecule has 0 bridgehead atoms. The highest BCUT2D eigenvalue weighted by atomic mass is 127. The Balaban J connectivity index is 2.54. The van der Waals surface area contributed by atoms with Crippen molar-refractivity contribution < 1.29 is 4.79 Å². The fourth-order valence-electron chi connectivity index (χ4n) is 2.23. The Hall–Kier alpha value is -0.820. The number of halogens is 2. The largest absolute Gasteiger partial charge is 0.344 e. The molecule has 0 aliphatic heterocycles. The highest BCUT2D eigenvalue weighted by Crippen LogP contribution is 2.25. The molecule has 0 spiro atoms. The minimum Gasteiger partial charge on any atom is -0.344 e. The third kappa shape index (κ3) is 2.79. The normalized spacial score (nSPS) is 12.7. The summed E-state index contributed by atoms with van der Waals surface area (Å²) >= 11 is 8.25. The standard InChI is InChI=1S/C14H17ClIN3O/c1-4-18(3)14(20)9(2)19-12-6-5-10(16)7-11(12)17-13(19)8-15/h5-7,9H,4,8H2,1-3H3. The Morgan fingerprint density at radius 1 is 1.55 bits per heavy atom. The summed E-state index contributed by atoms with van der Waals surface area (Å²) < 4.78 is 3.05. The predicted octanol–water partition coefficient (Wildman–Crippen LogP) is 3.42. The number of hydrogen-bond acceptors (Lipinski definition) is 2. The van der Waals surface area contributed by atoms with Gasteiger partial charge in [0.15, 0.2) is 0 Å². The summed E-state index contributed by atoms with van der Waals surface area (Å²) in [5.41, 5.74) is 1.83. The number of amides is 1. The lowest BCUT2D eigenvalue weighted by Gasteiger charge is -2.22. The molecule has 1 unspecified atom stereocenters. The van der Waals surface area contributed by atoms with Crippen molar-refractivity contribution in [3.05, 3.63) is 27.6 Å². The van der Waals surface area contributed by atoms with E-state index in [0.717, 1.165) is 20.4 Å². The first-order chi connectivity index (χ1) is 9.49. The Bertz CT molecular complexity index is 641. The van der Waals surface area contributed by atoms with Gasteiger partial charge in [0.1, 0.15) is 11.9 Å². The summed E-state index contributed by atoms with van der Waals surface area (Å²) in [6.07, 6.45) is 0. The van der Waals surface area contributed by atoms with E-state index in [2.05, 4.69) is 27.6 Å². The third-order valence-electron chi connectivity index (χ3n) is 3.44. The summed E-state index contributed by atoms with van der Waals surface area (Å²) in [5, 5.41) is 0. The molecule has 20 heavy (non-hydrogen) atoms. The van der Waals surface area contributed by atoms with Crippen LogP contribution in [0.3, 0.4) is 0 Å². The quantitative estimate of drug-likeness (QED) is 0.577. The number of rotatable bonds is 4. The van der Waals surface area contributed by atoms with E-state index in [1.807, 2.05) is 36.6 Å². The Morgan fingerprint density at radius 3 is 2.85 bits per heavy atom. The number of likely N-dealkylation sites (N-methyl/N-ethyl adjacent to an activating group) is 1. The molecule has 4 nitrogen and oxygen atoms in total. The number of carbonyl (C=O) groups is 1. The Kier molecular flexibility index (Phi) is 4.90. The third-order valence-corrected chi connectivity index (χ3v) is 4.35. The van der Waals surface area contributed by atoms with E-state index in [-0.39, 0.29) is 11.9 Å². The first-order valence-corrected chi connectivity index (χ1v) is 8.08. The average Bonchev–Trinajstić information content (AvgIpc) is 2.82. The van der Waals surface area contributed by atoms with Gasteiger partial charge in [-0.2, -0.15) is 0 Å². The molecule has 0 saturated carbocycles. The van der Waals surface area contributed by atoms with E-state index < -0.39 is 0 Å². The van der Waals surface area contributed by atoms with Crippen LogP contribution in [0.15, 0.2) is 18.2 Å². The van der Waals surface area contributed by atoms with Crippen LogP contribution in [0.5, 0.6) is 0 Å². The number of fused-ring (bicyclic) bond motifs is 1. The highest BCUT2D eigenvalue weighted by Gasteiger charge is 2.23. The number of aromatic nitrogens is 2. The van der Waals surface area contributed by atoms with Gasteiger partial charge in [0.2, 0.25) is 5.91 Å². The first-order valence-electron chi connectivity index (χ1n) is 6.46. The topological polar surface area (TPSA) is 38.1 Å². The van der Waals surface area contributed by atoms with Crippen molar-refractivity contribution in [1.82, 2.24) is 14.5 Å².